The molecule has 1 aliphatic carbocycles. The maximum Gasteiger partial charge on any atom is 0.410 e. The average Bonchev–Trinajstić information content (AvgIpc) is 3.00. The van der Waals surface area contributed by atoms with Gasteiger partial charge in [0, 0.05) is 19.1 Å². The van der Waals surface area contributed by atoms with Gasteiger partial charge in [-0.1, -0.05) is 48.5 Å². The summed E-state index contributed by atoms with van der Waals surface area (Å²) >= 11 is 0. The van der Waals surface area contributed by atoms with Crippen LogP contribution in [0.25, 0.3) is 11.1 Å². The van der Waals surface area contributed by atoms with E-state index < -0.39 is 22.0 Å². The first-order valence-corrected chi connectivity index (χ1v) is 11.3. The van der Waals surface area contributed by atoms with Gasteiger partial charge in [-0.15, -0.1) is 0 Å². The summed E-state index contributed by atoms with van der Waals surface area (Å²) in [5.74, 6) is -0.238. The van der Waals surface area contributed by atoms with E-state index in [1.165, 1.54) is 4.90 Å². The van der Waals surface area contributed by atoms with E-state index in [9.17, 15) is 18.3 Å². The zero-order valence-corrected chi connectivity index (χ0v) is 16.3. The van der Waals surface area contributed by atoms with Crippen LogP contribution in [0.2, 0.25) is 0 Å². The summed E-state index contributed by atoms with van der Waals surface area (Å²) in [6.07, 6.45) is -0.293. The van der Waals surface area contributed by atoms with E-state index in [2.05, 4.69) is 24.3 Å². The van der Waals surface area contributed by atoms with Gasteiger partial charge in [0.2, 0.25) is 0 Å². The Kier molecular flexibility index (Phi) is 5.12. The maximum absolute atomic E-state index is 12.7. The standard InChI is InChI=1S/C21H23NO5S/c23-11-9-15-14-28(25,26)12-10-22(15)21(24)27-13-20-18-7-3-1-5-16(18)17-6-2-4-8-19(17)20/h1-8,15,20,23H,9-14H2. The van der Waals surface area contributed by atoms with Crippen LogP contribution in [0, 0.1) is 0 Å². The third-order valence-corrected chi connectivity index (χ3v) is 7.26. The molecular weight excluding hydrogens is 378 g/mol. The summed E-state index contributed by atoms with van der Waals surface area (Å²) in [4.78, 5) is 14.2. The van der Waals surface area contributed by atoms with Crippen molar-refractivity contribution in [1.29, 1.82) is 0 Å². The molecule has 1 fully saturated rings. The minimum Gasteiger partial charge on any atom is -0.448 e. The SMILES string of the molecule is O=C(OCC1c2ccccc2-c2ccccc21)N1CCS(=O)(=O)CC1CCO. The Labute approximate surface area is 164 Å². The number of carbonyl (C=O) groups is 1. The molecule has 1 heterocycles. The summed E-state index contributed by atoms with van der Waals surface area (Å²) < 4.78 is 29.4. The molecule has 2 aromatic carbocycles. The van der Waals surface area contributed by atoms with Gasteiger partial charge in [0.25, 0.3) is 0 Å². The van der Waals surface area contributed by atoms with Crippen molar-refractivity contribution in [2.24, 2.45) is 0 Å². The Hall–Kier alpha value is -2.38. The fourth-order valence-electron chi connectivity index (χ4n) is 4.19. The van der Waals surface area contributed by atoms with Crippen molar-refractivity contribution in [2.75, 3.05) is 31.3 Å². The lowest BCUT2D eigenvalue weighted by Crippen LogP contribution is -2.51. The van der Waals surface area contributed by atoms with Gasteiger partial charge in [0.15, 0.2) is 9.84 Å². The minimum absolute atomic E-state index is 0.0406. The highest BCUT2D eigenvalue weighted by Gasteiger charge is 2.36. The van der Waals surface area contributed by atoms with Crippen LogP contribution in [0.5, 0.6) is 0 Å². The molecule has 6 nitrogen and oxygen atoms in total. The minimum atomic E-state index is -3.19. The van der Waals surface area contributed by atoms with Gasteiger partial charge in [-0.05, 0) is 28.7 Å². The second kappa shape index (κ2) is 7.56. The molecule has 0 radical (unpaired) electrons. The molecule has 2 aromatic rings. The monoisotopic (exact) mass is 401 g/mol. The molecule has 1 aliphatic heterocycles. The predicted molar refractivity (Wildman–Crippen MR) is 106 cm³/mol. The maximum atomic E-state index is 12.7. The van der Waals surface area contributed by atoms with Gasteiger partial charge in [0.05, 0.1) is 17.5 Å². The van der Waals surface area contributed by atoms with Crippen molar-refractivity contribution in [3.05, 3.63) is 59.7 Å². The fraction of sp³-hybridized carbons (Fsp3) is 0.381. The lowest BCUT2D eigenvalue weighted by atomic mass is 9.98. The second-order valence-corrected chi connectivity index (χ2v) is 9.51. The topological polar surface area (TPSA) is 83.9 Å². The van der Waals surface area contributed by atoms with Crippen LogP contribution in [-0.4, -0.2) is 61.8 Å². The van der Waals surface area contributed by atoms with Crippen molar-refractivity contribution < 1.29 is 23.1 Å². The second-order valence-electron chi connectivity index (χ2n) is 7.28. The molecule has 148 valence electrons. The molecule has 4 rings (SSSR count). The van der Waals surface area contributed by atoms with E-state index in [0.29, 0.717) is 0 Å². The third kappa shape index (κ3) is 3.52. The summed E-state index contributed by atoms with van der Waals surface area (Å²) in [6, 6.07) is 15.7. The summed E-state index contributed by atoms with van der Waals surface area (Å²) in [5.41, 5.74) is 4.57. The molecule has 0 spiro atoms. The zero-order valence-electron chi connectivity index (χ0n) is 15.5. The van der Waals surface area contributed by atoms with Crippen LogP contribution in [-0.2, 0) is 14.6 Å². The number of benzene rings is 2. The molecule has 7 heteroatoms. The van der Waals surface area contributed by atoms with Crippen LogP contribution in [0.1, 0.15) is 23.5 Å². The largest absolute Gasteiger partial charge is 0.448 e. The number of ether oxygens (including phenoxy) is 1. The summed E-state index contributed by atoms with van der Waals surface area (Å²) in [7, 11) is -3.19. The van der Waals surface area contributed by atoms with Crippen molar-refractivity contribution >= 4 is 15.9 Å². The van der Waals surface area contributed by atoms with Gasteiger partial charge in [-0.25, -0.2) is 13.2 Å². The molecule has 0 bridgehead atoms. The number of hydrogen-bond acceptors (Lipinski definition) is 5. The number of amides is 1. The molecule has 2 aliphatic rings. The molecule has 1 amide bonds. The number of carbonyl (C=O) groups excluding carboxylic acids is 1. The van der Waals surface area contributed by atoms with E-state index in [1.54, 1.807) is 0 Å². The highest BCUT2D eigenvalue weighted by Crippen LogP contribution is 2.44. The van der Waals surface area contributed by atoms with E-state index in [0.717, 1.165) is 22.3 Å². The van der Waals surface area contributed by atoms with Gasteiger partial charge >= 0.3 is 6.09 Å². The molecule has 1 atom stereocenters. The number of aliphatic hydroxyl groups is 1. The lowest BCUT2D eigenvalue weighted by Gasteiger charge is -2.34. The molecule has 1 unspecified atom stereocenters. The number of fused-ring (bicyclic) bond motifs is 3. The molecule has 1 N–H and O–H groups in total. The number of sulfone groups is 1. The number of rotatable bonds is 4. The zero-order chi connectivity index (χ0) is 19.7. The Morgan fingerprint density at radius 2 is 1.68 bits per heavy atom. The smallest absolute Gasteiger partial charge is 0.410 e. The highest BCUT2D eigenvalue weighted by molar-refractivity contribution is 7.91. The quantitative estimate of drug-likeness (QED) is 0.851. The van der Waals surface area contributed by atoms with Crippen molar-refractivity contribution in [2.45, 2.75) is 18.4 Å². The normalized spacial score (nSPS) is 20.5. The van der Waals surface area contributed by atoms with Crippen molar-refractivity contribution in [3.63, 3.8) is 0 Å². The van der Waals surface area contributed by atoms with E-state index in [-0.39, 0.29) is 43.6 Å². The fourth-order valence-corrected chi connectivity index (χ4v) is 5.77. The molecule has 0 saturated carbocycles. The lowest BCUT2D eigenvalue weighted by molar-refractivity contribution is 0.0823. The summed E-state index contributed by atoms with van der Waals surface area (Å²) in [6.45, 7) is 0.124. The Morgan fingerprint density at radius 1 is 1.07 bits per heavy atom. The number of aliphatic hydroxyl groups excluding tert-OH is 1. The molecular formula is C21H23NO5S. The van der Waals surface area contributed by atoms with Gasteiger partial charge < -0.3 is 14.7 Å². The Morgan fingerprint density at radius 3 is 2.29 bits per heavy atom. The van der Waals surface area contributed by atoms with Gasteiger partial charge in [-0.3, -0.25) is 0 Å². The average molecular weight is 401 g/mol. The predicted octanol–water partition coefficient (Wildman–Crippen LogP) is 2.42. The number of hydrogen-bond donors (Lipinski definition) is 1. The Bertz CT molecular complexity index is 942. The van der Waals surface area contributed by atoms with Crippen LogP contribution >= 0.6 is 0 Å². The van der Waals surface area contributed by atoms with Crippen LogP contribution in [0.3, 0.4) is 0 Å². The molecule has 1 saturated heterocycles. The number of nitrogens with zero attached hydrogens (tertiary/aromatic N) is 1. The van der Waals surface area contributed by atoms with Gasteiger partial charge in [-0.2, -0.15) is 0 Å². The third-order valence-electron chi connectivity index (χ3n) is 5.56. The van der Waals surface area contributed by atoms with E-state index >= 15 is 0 Å². The molecule has 28 heavy (non-hydrogen) atoms. The Balaban J connectivity index is 1.51. The summed E-state index contributed by atoms with van der Waals surface area (Å²) in [5, 5.41) is 9.24. The van der Waals surface area contributed by atoms with E-state index in [4.69, 9.17) is 4.74 Å². The van der Waals surface area contributed by atoms with Crippen LogP contribution in [0.15, 0.2) is 48.5 Å². The first-order valence-electron chi connectivity index (χ1n) is 9.43. The van der Waals surface area contributed by atoms with Crippen molar-refractivity contribution in [3.8, 4) is 11.1 Å². The van der Waals surface area contributed by atoms with E-state index in [1.807, 2.05) is 24.3 Å². The highest BCUT2D eigenvalue weighted by atomic mass is 32.2. The van der Waals surface area contributed by atoms with Crippen LogP contribution in [0.4, 0.5) is 4.79 Å². The van der Waals surface area contributed by atoms with Gasteiger partial charge in [0.1, 0.15) is 6.61 Å². The van der Waals surface area contributed by atoms with Crippen LogP contribution < -0.4 is 0 Å². The first kappa shape index (κ1) is 19.0. The first-order chi connectivity index (χ1) is 13.5. The molecule has 0 aromatic heterocycles. The van der Waals surface area contributed by atoms with Crippen molar-refractivity contribution in [1.82, 2.24) is 4.90 Å².